The van der Waals surface area contributed by atoms with E-state index < -0.39 is 29.2 Å². The van der Waals surface area contributed by atoms with E-state index in [1.807, 2.05) is 20.8 Å². The van der Waals surface area contributed by atoms with Crippen LogP contribution in [0.15, 0.2) is 6.07 Å². The Morgan fingerprint density at radius 3 is 2.06 bits per heavy atom. The van der Waals surface area contributed by atoms with Gasteiger partial charge in [-0.2, -0.15) is 0 Å². The maximum atomic E-state index is 12.8. The van der Waals surface area contributed by atoms with Crippen LogP contribution in [-0.4, -0.2) is 68.8 Å². The van der Waals surface area contributed by atoms with Gasteiger partial charge in [-0.05, 0) is 48.0 Å². The van der Waals surface area contributed by atoms with Gasteiger partial charge in [0.2, 0.25) is 5.91 Å². The molecule has 0 heterocycles. The minimum atomic E-state index is -0.977. The van der Waals surface area contributed by atoms with Crippen molar-refractivity contribution >= 4 is 12.0 Å². The van der Waals surface area contributed by atoms with E-state index in [0.717, 1.165) is 0 Å². The molecule has 188 valence electrons. The van der Waals surface area contributed by atoms with Gasteiger partial charge in [-0.25, -0.2) is 4.79 Å². The van der Waals surface area contributed by atoms with Crippen LogP contribution in [0, 0.1) is 0 Å². The summed E-state index contributed by atoms with van der Waals surface area (Å²) in [6.07, 6.45) is -0.509. The molecule has 0 bridgehead atoms. The van der Waals surface area contributed by atoms with Crippen LogP contribution in [0.2, 0.25) is 0 Å². The molecule has 0 spiro atoms. The van der Waals surface area contributed by atoms with Crippen LogP contribution < -0.4 is 24.8 Å². The fraction of sp³-hybridized carbons (Fsp3) is 0.652. The standard InChI is InChI=1S/C23H38N2O8/c1-22(2,3)32-13-15(25-21(28)33-23(4,5)6)20(27)24-11-10-14-18(26)16(29-7)12-17(30-8)19(14)31-9/h12,15,26H,10-11,13H2,1-9H3,(H,24,27)(H,25,28)/t15-/m0/s1. The molecule has 0 radical (unpaired) electrons. The number of phenolic OH excluding ortho intramolecular Hbond substituents is 1. The highest BCUT2D eigenvalue weighted by Gasteiger charge is 2.27. The van der Waals surface area contributed by atoms with E-state index in [2.05, 4.69) is 10.6 Å². The lowest BCUT2D eigenvalue weighted by atomic mass is 10.1. The number of alkyl carbamates (subject to hydrolysis) is 1. The summed E-state index contributed by atoms with van der Waals surface area (Å²) in [7, 11) is 4.35. The molecule has 0 saturated heterocycles. The summed E-state index contributed by atoms with van der Waals surface area (Å²) in [5, 5.41) is 15.8. The Morgan fingerprint density at radius 2 is 1.58 bits per heavy atom. The molecule has 0 unspecified atom stereocenters. The molecule has 10 nitrogen and oxygen atoms in total. The molecule has 10 heteroatoms. The highest BCUT2D eigenvalue weighted by Crippen LogP contribution is 2.43. The topological polar surface area (TPSA) is 125 Å². The zero-order chi connectivity index (χ0) is 25.4. The molecule has 0 aromatic heterocycles. The zero-order valence-corrected chi connectivity index (χ0v) is 21.1. The normalized spacial score (nSPS) is 12.5. The van der Waals surface area contributed by atoms with Gasteiger partial charge in [-0.3, -0.25) is 4.79 Å². The van der Waals surface area contributed by atoms with Gasteiger partial charge in [0.25, 0.3) is 0 Å². The number of benzene rings is 1. The Balaban J connectivity index is 2.95. The number of nitrogens with one attached hydrogen (secondary N) is 2. The van der Waals surface area contributed by atoms with Gasteiger partial charge in [0.15, 0.2) is 23.0 Å². The summed E-state index contributed by atoms with van der Waals surface area (Å²) >= 11 is 0. The summed E-state index contributed by atoms with van der Waals surface area (Å²) < 4.78 is 26.8. The molecule has 1 aromatic carbocycles. The molecule has 1 aromatic rings. The Kier molecular flexibility index (Phi) is 10.1. The van der Waals surface area contributed by atoms with E-state index in [1.54, 1.807) is 20.8 Å². The van der Waals surface area contributed by atoms with E-state index in [9.17, 15) is 14.7 Å². The van der Waals surface area contributed by atoms with Gasteiger partial charge in [0.05, 0.1) is 33.5 Å². The van der Waals surface area contributed by atoms with Crippen LogP contribution >= 0.6 is 0 Å². The minimum absolute atomic E-state index is 0.0455. The highest BCUT2D eigenvalue weighted by atomic mass is 16.6. The first-order valence-corrected chi connectivity index (χ1v) is 10.6. The van der Waals surface area contributed by atoms with E-state index in [-0.39, 0.29) is 31.1 Å². The van der Waals surface area contributed by atoms with Crippen molar-refractivity contribution in [3.05, 3.63) is 11.6 Å². The summed E-state index contributed by atoms with van der Waals surface area (Å²) in [4.78, 5) is 25.0. The Hall–Kier alpha value is -2.88. The van der Waals surface area contributed by atoms with Crippen molar-refractivity contribution in [3.8, 4) is 23.0 Å². The van der Waals surface area contributed by atoms with Gasteiger partial charge in [-0.1, -0.05) is 0 Å². The number of phenols is 1. The Labute approximate surface area is 195 Å². The van der Waals surface area contributed by atoms with Crippen LogP contribution in [0.1, 0.15) is 47.1 Å². The van der Waals surface area contributed by atoms with Crippen molar-refractivity contribution in [2.75, 3.05) is 34.5 Å². The lowest BCUT2D eigenvalue weighted by Crippen LogP contribution is -2.51. The molecular formula is C23H38N2O8. The highest BCUT2D eigenvalue weighted by molar-refractivity contribution is 5.85. The summed E-state index contributed by atoms with van der Waals surface area (Å²) in [6.45, 7) is 10.8. The average molecular weight is 471 g/mol. The zero-order valence-electron chi connectivity index (χ0n) is 21.1. The largest absolute Gasteiger partial charge is 0.504 e. The van der Waals surface area contributed by atoms with Crippen molar-refractivity contribution in [2.45, 2.75) is 65.2 Å². The van der Waals surface area contributed by atoms with Crippen molar-refractivity contribution in [1.82, 2.24) is 10.6 Å². The fourth-order valence-corrected chi connectivity index (χ4v) is 2.82. The summed E-state index contributed by atoms with van der Waals surface area (Å²) in [5.74, 6) is 0.375. The minimum Gasteiger partial charge on any atom is -0.504 e. The van der Waals surface area contributed by atoms with Gasteiger partial charge in [0.1, 0.15) is 11.6 Å². The maximum Gasteiger partial charge on any atom is 0.408 e. The number of carbonyl (C=O) groups is 2. The number of amides is 2. The van der Waals surface area contributed by atoms with Gasteiger partial charge in [0, 0.05) is 18.2 Å². The smallest absolute Gasteiger partial charge is 0.408 e. The number of hydrogen-bond acceptors (Lipinski definition) is 8. The van der Waals surface area contributed by atoms with Crippen LogP contribution in [0.3, 0.4) is 0 Å². The molecule has 0 aliphatic heterocycles. The number of hydrogen-bond donors (Lipinski definition) is 3. The number of methoxy groups -OCH3 is 3. The molecule has 0 saturated carbocycles. The van der Waals surface area contributed by atoms with Crippen molar-refractivity contribution in [2.24, 2.45) is 0 Å². The first-order chi connectivity index (χ1) is 15.2. The number of ether oxygens (including phenoxy) is 5. The molecule has 2 amide bonds. The molecule has 1 atom stereocenters. The monoisotopic (exact) mass is 470 g/mol. The quantitative estimate of drug-likeness (QED) is 0.477. The Bertz CT molecular complexity index is 812. The third kappa shape index (κ3) is 9.25. The van der Waals surface area contributed by atoms with Crippen LogP contribution in [0.25, 0.3) is 0 Å². The Morgan fingerprint density at radius 1 is 0.970 bits per heavy atom. The second kappa shape index (κ2) is 11.8. The average Bonchev–Trinajstić information content (AvgIpc) is 2.69. The summed E-state index contributed by atoms with van der Waals surface area (Å²) in [6, 6.07) is 0.537. The van der Waals surface area contributed by atoms with Crippen molar-refractivity contribution < 1.29 is 38.4 Å². The third-order valence-electron chi connectivity index (χ3n) is 4.29. The number of carbonyl (C=O) groups excluding carboxylic acids is 2. The lowest BCUT2D eigenvalue weighted by molar-refractivity contribution is -0.126. The molecular weight excluding hydrogens is 432 g/mol. The molecule has 0 aliphatic carbocycles. The molecule has 0 fully saturated rings. The van der Waals surface area contributed by atoms with Gasteiger partial charge in [-0.15, -0.1) is 0 Å². The van der Waals surface area contributed by atoms with Crippen LogP contribution in [0.5, 0.6) is 23.0 Å². The molecule has 33 heavy (non-hydrogen) atoms. The predicted molar refractivity (Wildman–Crippen MR) is 123 cm³/mol. The number of rotatable bonds is 10. The maximum absolute atomic E-state index is 12.8. The van der Waals surface area contributed by atoms with Crippen molar-refractivity contribution in [1.29, 1.82) is 0 Å². The fourth-order valence-electron chi connectivity index (χ4n) is 2.82. The SMILES string of the molecule is COc1cc(OC)c(OC)c(CCNC(=O)[C@H](COC(C)(C)C)NC(=O)OC(C)(C)C)c1O. The first-order valence-electron chi connectivity index (χ1n) is 10.6. The van der Waals surface area contributed by atoms with Crippen LogP contribution in [-0.2, 0) is 20.7 Å². The van der Waals surface area contributed by atoms with Gasteiger partial charge < -0.3 is 39.4 Å². The van der Waals surface area contributed by atoms with E-state index in [1.165, 1.54) is 27.4 Å². The molecule has 1 rings (SSSR count). The van der Waals surface area contributed by atoms with E-state index >= 15 is 0 Å². The van der Waals surface area contributed by atoms with Crippen LogP contribution in [0.4, 0.5) is 4.79 Å². The number of aromatic hydroxyl groups is 1. The second-order valence-corrected chi connectivity index (χ2v) is 9.30. The lowest BCUT2D eigenvalue weighted by Gasteiger charge is -2.26. The van der Waals surface area contributed by atoms with E-state index in [4.69, 9.17) is 23.7 Å². The summed E-state index contributed by atoms with van der Waals surface area (Å²) in [5.41, 5.74) is -0.809. The predicted octanol–water partition coefficient (Wildman–Crippen LogP) is 2.79. The molecule has 3 N–H and O–H groups in total. The molecule has 0 aliphatic rings. The van der Waals surface area contributed by atoms with Crippen molar-refractivity contribution in [3.63, 3.8) is 0 Å². The van der Waals surface area contributed by atoms with E-state index in [0.29, 0.717) is 17.1 Å². The second-order valence-electron chi connectivity index (χ2n) is 9.30. The van der Waals surface area contributed by atoms with Gasteiger partial charge >= 0.3 is 6.09 Å². The third-order valence-corrected chi connectivity index (χ3v) is 4.29. The first kappa shape index (κ1) is 28.2.